The van der Waals surface area contributed by atoms with Crippen LogP contribution in [0.1, 0.15) is 12.5 Å². The number of carbonyl (C=O) groups excluding carboxylic acids is 4. The molecule has 0 aliphatic carbocycles. The molecule has 3 heterocycles. The lowest BCUT2D eigenvalue weighted by Crippen LogP contribution is -2.50. The summed E-state index contributed by atoms with van der Waals surface area (Å²) >= 11 is 0. The summed E-state index contributed by atoms with van der Waals surface area (Å²) in [4.78, 5) is 66.3. The van der Waals surface area contributed by atoms with Crippen LogP contribution in [0.4, 0.5) is 22.7 Å². The SMILES string of the molecule is CC(=O)Oc1ccc(N2C(=O)[C@@H]3[C@H](C2=O)[C@@H]2C=Cc4ccccc4N2[C@@H]3C(=O)Nc2ccc([N+](=O)[O-])cc2)cc1. The Labute approximate surface area is 227 Å². The molecule has 200 valence electrons. The molecule has 2 saturated heterocycles. The molecule has 0 aromatic heterocycles. The first-order valence-corrected chi connectivity index (χ1v) is 12.5. The van der Waals surface area contributed by atoms with Crippen LogP contribution in [0.2, 0.25) is 0 Å². The average molecular weight is 539 g/mol. The molecule has 3 aromatic carbocycles. The lowest BCUT2D eigenvalue weighted by Gasteiger charge is -2.36. The fourth-order valence-electron chi connectivity index (χ4n) is 5.78. The van der Waals surface area contributed by atoms with Crippen molar-refractivity contribution in [2.24, 2.45) is 11.8 Å². The Hall–Kier alpha value is -5.32. The Morgan fingerprint density at radius 3 is 2.27 bits per heavy atom. The van der Waals surface area contributed by atoms with E-state index in [1.54, 1.807) is 0 Å². The zero-order valence-corrected chi connectivity index (χ0v) is 21.1. The van der Waals surface area contributed by atoms with Crippen molar-refractivity contribution in [3.8, 4) is 5.75 Å². The van der Waals surface area contributed by atoms with Gasteiger partial charge in [0, 0.05) is 30.4 Å². The summed E-state index contributed by atoms with van der Waals surface area (Å²) in [6, 6.07) is 17.3. The molecule has 0 unspecified atom stereocenters. The lowest BCUT2D eigenvalue weighted by atomic mass is 9.88. The fourth-order valence-corrected chi connectivity index (χ4v) is 5.78. The highest BCUT2D eigenvalue weighted by atomic mass is 16.6. The van der Waals surface area contributed by atoms with E-state index in [4.69, 9.17) is 4.74 Å². The van der Waals surface area contributed by atoms with Crippen molar-refractivity contribution in [2.75, 3.05) is 15.1 Å². The van der Waals surface area contributed by atoms with Crippen LogP contribution in [0.15, 0.2) is 78.9 Å². The number of imide groups is 1. The summed E-state index contributed by atoms with van der Waals surface area (Å²) in [5.41, 5.74) is 2.09. The zero-order chi connectivity index (χ0) is 28.1. The number of hydrogen-bond donors (Lipinski definition) is 1. The largest absolute Gasteiger partial charge is 0.427 e. The number of non-ortho nitro benzene ring substituents is 1. The van der Waals surface area contributed by atoms with Gasteiger partial charge in [-0.3, -0.25) is 29.3 Å². The van der Waals surface area contributed by atoms with Crippen molar-refractivity contribution < 1.29 is 28.8 Å². The minimum Gasteiger partial charge on any atom is -0.427 e. The molecule has 1 N–H and O–H groups in total. The third-order valence-electron chi connectivity index (χ3n) is 7.39. The van der Waals surface area contributed by atoms with E-state index in [1.807, 2.05) is 41.3 Å². The summed E-state index contributed by atoms with van der Waals surface area (Å²) in [5, 5.41) is 13.8. The Morgan fingerprint density at radius 1 is 0.925 bits per heavy atom. The van der Waals surface area contributed by atoms with Gasteiger partial charge in [0.25, 0.3) is 5.69 Å². The Morgan fingerprint density at radius 2 is 1.60 bits per heavy atom. The molecule has 3 amide bonds. The van der Waals surface area contributed by atoms with Gasteiger partial charge in [-0.25, -0.2) is 4.90 Å². The number of para-hydroxylation sites is 1. The monoisotopic (exact) mass is 538 g/mol. The summed E-state index contributed by atoms with van der Waals surface area (Å²) < 4.78 is 5.06. The van der Waals surface area contributed by atoms with E-state index in [1.165, 1.54) is 55.5 Å². The van der Waals surface area contributed by atoms with Crippen molar-refractivity contribution in [3.05, 3.63) is 94.6 Å². The van der Waals surface area contributed by atoms with E-state index in [-0.39, 0.29) is 11.4 Å². The maximum Gasteiger partial charge on any atom is 0.308 e. The fraction of sp³-hybridized carbons (Fsp3) is 0.172. The summed E-state index contributed by atoms with van der Waals surface area (Å²) in [5.74, 6) is -3.49. The van der Waals surface area contributed by atoms with Gasteiger partial charge >= 0.3 is 5.97 Å². The molecule has 11 heteroatoms. The number of nitro groups is 1. The molecule has 0 saturated carbocycles. The van der Waals surface area contributed by atoms with Crippen LogP contribution in [-0.2, 0) is 19.2 Å². The van der Waals surface area contributed by atoms with E-state index < -0.39 is 52.5 Å². The molecule has 6 rings (SSSR count). The predicted octanol–water partition coefficient (Wildman–Crippen LogP) is 3.55. The first-order chi connectivity index (χ1) is 19.2. The second-order valence-electron chi connectivity index (χ2n) is 9.70. The number of hydrogen-bond acceptors (Lipinski definition) is 8. The van der Waals surface area contributed by atoms with Crippen LogP contribution in [0, 0.1) is 22.0 Å². The van der Waals surface area contributed by atoms with Gasteiger partial charge < -0.3 is 15.0 Å². The van der Waals surface area contributed by atoms with Crippen molar-refractivity contribution in [2.45, 2.75) is 19.0 Å². The van der Waals surface area contributed by atoms with Gasteiger partial charge in [0.05, 0.1) is 28.5 Å². The second kappa shape index (κ2) is 9.45. The van der Waals surface area contributed by atoms with Gasteiger partial charge in [-0.05, 0) is 48.0 Å². The summed E-state index contributed by atoms with van der Waals surface area (Å²) in [7, 11) is 0. The van der Waals surface area contributed by atoms with Gasteiger partial charge in [-0.1, -0.05) is 30.4 Å². The number of benzene rings is 3. The standard InChI is InChI=1S/C29H22N4O7/c1-16(34)40-21-13-11-19(12-14-21)31-28(36)24-23-15-6-17-4-2-3-5-22(17)32(23)26(25(24)29(31)37)27(35)30-18-7-9-20(10-8-18)33(38)39/h2-15,23-26H,1H3,(H,30,35)/t23-,24+,25+,26-/m0/s1. The first kappa shape index (κ1) is 25.0. The van der Waals surface area contributed by atoms with Crippen LogP contribution in [0.5, 0.6) is 5.75 Å². The van der Waals surface area contributed by atoms with E-state index in [0.29, 0.717) is 11.4 Å². The summed E-state index contributed by atoms with van der Waals surface area (Å²) in [6.45, 7) is 1.27. The highest BCUT2D eigenvalue weighted by molar-refractivity contribution is 6.25. The van der Waals surface area contributed by atoms with Crippen molar-refractivity contribution in [1.29, 1.82) is 0 Å². The zero-order valence-electron chi connectivity index (χ0n) is 21.1. The Bertz CT molecular complexity index is 1600. The predicted molar refractivity (Wildman–Crippen MR) is 144 cm³/mol. The van der Waals surface area contributed by atoms with Crippen molar-refractivity contribution >= 4 is 52.5 Å². The normalized spacial score (nSPS) is 22.4. The van der Waals surface area contributed by atoms with E-state index in [9.17, 15) is 29.3 Å². The van der Waals surface area contributed by atoms with Crippen LogP contribution < -0.4 is 19.9 Å². The van der Waals surface area contributed by atoms with Gasteiger partial charge in [0.1, 0.15) is 11.8 Å². The molecule has 0 spiro atoms. The molecular weight excluding hydrogens is 516 g/mol. The highest BCUT2D eigenvalue weighted by Gasteiger charge is 2.64. The number of carbonyl (C=O) groups is 4. The highest BCUT2D eigenvalue weighted by Crippen LogP contribution is 2.49. The number of amides is 3. The first-order valence-electron chi connectivity index (χ1n) is 12.5. The van der Waals surface area contributed by atoms with Gasteiger partial charge in [0.15, 0.2) is 0 Å². The smallest absolute Gasteiger partial charge is 0.308 e. The molecule has 3 aliphatic heterocycles. The van der Waals surface area contributed by atoms with E-state index in [0.717, 1.165) is 16.2 Å². The van der Waals surface area contributed by atoms with E-state index >= 15 is 0 Å². The number of nitrogens with zero attached hydrogens (tertiary/aromatic N) is 3. The number of rotatable bonds is 5. The van der Waals surface area contributed by atoms with Crippen LogP contribution in [0.3, 0.4) is 0 Å². The maximum absolute atomic E-state index is 13.9. The summed E-state index contributed by atoms with van der Waals surface area (Å²) in [6.07, 6.45) is 3.73. The number of nitrogens with one attached hydrogen (secondary N) is 1. The lowest BCUT2D eigenvalue weighted by molar-refractivity contribution is -0.384. The quantitative estimate of drug-likeness (QED) is 0.171. The van der Waals surface area contributed by atoms with Crippen molar-refractivity contribution in [1.82, 2.24) is 0 Å². The molecule has 0 bridgehead atoms. The van der Waals surface area contributed by atoms with Crippen LogP contribution >= 0.6 is 0 Å². The molecule has 4 atom stereocenters. The Balaban J connectivity index is 1.37. The van der Waals surface area contributed by atoms with E-state index in [2.05, 4.69) is 5.32 Å². The topological polar surface area (TPSA) is 139 Å². The second-order valence-corrected chi connectivity index (χ2v) is 9.70. The Kier molecular flexibility index (Phi) is 5.91. The van der Waals surface area contributed by atoms with Crippen LogP contribution in [0.25, 0.3) is 6.08 Å². The number of fused-ring (bicyclic) bond motifs is 5. The van der Waals surface area contributed by atoms with Gasteiger partial charge in [-0.15, -0.1) is 0 Å². The van der Waals surface area contributed by atoms with Gasteiger partial charge in [-0.2, -0.15) is 0 Å². The third-order valence-corrected chi connectivity index (χ3v) is 7.39. The number of anilines is 3. The molecule has 3 aliphatic rings. The minimum atomic E-state index is -1.03. The van der Waals surface area contributed by atoms with Crippen LogP contribution in [-0.4, -0.2) is 40.7 Å². The average Bonchev–Trinajstić information content (AvgIpc) is 3.42. The minimum absolute atomic E-state index is 0.124. The maximum atomic E-state index is 13.9. The van der Waals surface area contributed by atoms with Gasteiger partial charge in [0.2, 0.25) is 17.7 Å². The molecule has 0 radical (unpaired) electrons. The molecule has 3 aromatic rings. The number of nitro benzene ring substituents is 1. The third kappa shape index (κ3) is 3.99. The van der Waals surface area contributed by atoms with Crippen molar-refractivity contribution in [3.63, 3.8) is 0 Å². The molecule has 2 fully saturated rings. The number of ether oxygens (including phenoxy) is 1. The number of esters is 1. The molecular formula is C29H22N4O7. The molecule has 11 nitrogen and oxygen atoms in total. The molecule has 40 heavy (non-hydrogen) atoms.